The van der Waals surface area contributed by atoms with Crippen molar-refractivity contribution in [3.8, 4) is 56.4 Å². The molecule has 0 aliphatic heterocycles. The lowest BCUT2D eigenvalue weighted by Crippen LogP contribution is -2.13. The van der Waals surface area contributed by atoms with E-state index >= 15 is 0 Å². The molecule has 2 aromatic heterocycles. The number of allylic oxidation sites excluding steroid dienone is 5. The van der Waals surface area contributed by atoms with Gasteiger partial charge >= 0.3 is 0 Å². The smallest absolute Gasteiger partial charge is 0.164 e. The van der Waals surface area contributed by atoms with Gasteiger partial charge in [-0.05, 0) is 91.3 Å². The normalized spacial score (nSPS) is 15.6. The fourth-order valence-corrected chi connectivity index (χ4v) is 9.16. The van der Waals surface area contributed by atoms with Crippen LogP contribution in [0.3, 0.4) is 0 Å². The van der Waals surface area contributed by atoms with Gasteiger partial charge in [-0.15, -0.1) is 0 Å². The average molecular weight is 754 g/mol. The largest absolute Gasteiger partial charge is 0.456 e. The summed E-state index contributed by atoms with van der Waals surface area (Å²) in [5, 5.41) is 6.84. The lowest BCUT2D eigenvalue weighted by Gasteiger charge is -2.27. The first-order valence-electron chi connectivity index (χ1n) is 20.2. The Kier molecular flexibility index (Phi) is 7.63. The van der Waals surface area contributed by atoms with Gasteiger partial charge in [0.05, 0.1) is 0 Å². The first-order chi connectivity index (χ1) is 29.2. The van der Waals surface area contributed by atoms with Crippen LogP contribution in [0, 0.1) is 5.92 Å². The summed E-state index contributed by atoms with van der Waals surface area (Å²) in [6, 6.07) is 57.9. The van der Waals surface area contributed by atoms with Crippen LogP contribution < -0.4 is 0 Å². The lowest BCUT2D eigenvalue weighted by atomic mass is 9.77. The van der Waals surface area contributed by atoms with Gasteiger partial charge in [-0.2, -0.15) is 0 Å². The SMILES string of the molecule is C1=CC2C=Cc3ccc(-c4nc(-c5ccccc5)nc(-c5ccc(-c6cccc7oc8ccc(-c9ccc%10ccccc%10c9)cc8c67)c6ccccc56)n4)cc3C2C=C1. The predicted octanol–water partition coefficient (Wildman–Crippen LogP) is 14.3. The standard InChI is InChI=1S/C55H35N3O/c1-2-13-37(14-3-1)53-56-54(41-26-24-36-23-22-35-12-6-7-16-42(35)48(36)33-41)58-55(57-53)47-29-28-45(43-17-8-9-18-44(43)47)46-19-10-20-51-52(46)49-32-40(27-30-50(49)59-51)39-25-21-34-11-4-5-15-38(34)31-39/h1-33,35,42H. The molecule has 59 heavy (non-hydrogen) atoms. The summed E-state index contributed by atoms with van der Waals surface area (Å²) in [6.45, 7) is 0. The van der Waals surface area contributed by atoms with Gasteiger partial charge in [0, 0.05) is 39.3 Å². The zero-order valence-electron chi connectivity index (χ0n) is 32.0. The molecule has 0 saturated heterocycles. The molecule has 2 atom stereocenters. The van der Waals surface area contributed by atoms with Crippen LogP contribution in [0.5, 0.6) is 0 Å². The van der Waals surface area contributed by atoms with E-state index in [4.69, 9.17) is 19.4 Å². The van der Waals surface area contributed by atoms with E-state index in [1.165, 1.54) is 27.5 Å². The fourth-order valence-electron chi connectivity index (χ4n) is 9.16. The van der Waals surface area contributed by atoms with Crippen LogP contribution in [0.1, 0.15) is 17.0 Å². The molecule has 0 saturated carbocycles. The van der Waals surface area contributed by atoms with Crippen molar-refractivity contribution in [1.29, 1.82) is 0 Å². The highest BCUT2D eigenvalue weighted by molar-refractivity contribution is 6.17. The number of benzene rings is 8. The van der Waals surface area contributed by atoms with Crippen LogP contribution in [0.2, 0.25) is 0 Å². The molecule has 0 spiro atoms. The number of nitrogens with zero attached hydrogens (tertiary/aromatic N) is 3. The molecule has 2 unspecified atom stereocenters. The van der Waals surface area contributed by atoms with Gasteiger partial charge in [0.15, 0.2) is 17.5 Å². The minimum Gasteiger partial charge on any atom is -0.456 e. The second kappa shape index (κ2) is 13.5. The second-order valence-corrected chi connectivity index (χ2v) is 15.5. The van der Waals surface area contributed by atoms with Crippen LogP contribution in [-0.4, -0.2) is 15.0 Å². The van der Waals surface area contributed by atoms with E-state index in [1.54, 1.807) is 0 Å². The summed E-state index contributed by atoms with van der Waals surface area (Å²) in [4.78, 5) is 15.5. The highest BCUT2D eigenvalue weighted by atomic mass is 16.3. The van der Waals surface area contributed by atoms with Gasteiger partial charge in [0.2, 0.25) is 0 Å². The zero-order valence-corrected chi connectivity index (χ0v) is 32.0. The van der Waals surface area contributed by atoms with Gasteiger partial charge in [-0.1, -0.05) is 164 Å². The highest BCUT2D eigenvalue weighted by Gasteiger charge is 2.25. The molecule has 0 N–H and O–H groups in total. The summed E-state index contributed by atoms with van der Waals surface area (Å²) in [7, 11) is 0. The number of fused-ring (bicyclic) bond motifs is 8. The van der Waals surface area contributed by atoms with Crippen LogP contribution in [0.25, 0.3) is 106 Å². The maximum Gasteiger partial charge on any atom is 0.164 e. The topological polar surface area (TPSA) is 51.8 Å². The molecule has 12 rings (SSSR count). The molecule has 4 heteroatoms. The molecule has 0 bridgehead atoms. The van der Waals surface area contributed by atoms with Crippen molar-refractivity contribution in [3.05, 3.63) is 205 Å². The van der Waals surface area contributed by atoms with Crippen molar-refractivity contribution >= 4 is 49.6 Å². The second-order valence-electron chi connectivity index (χ2n) is 15.5. The van der Waals surface area contributed by atoms with Crippen molar-refractivity contribution in [3.63, 3.8) is 0 Å². The number of furan rings is 1. The maximum absolute atomic E-state index is 6.52. The Labute approximate surface area is 341 Å². The predicted molar refractivity (Wildman–Crippen MR) is 243 cm³/mol. The van der Waals surface area contributed by atoms with Gasteiger partial charge in [-0.3, -0.25) is 0 Å². The van der Waals surface area contributed by atoms with E-state index in [2.05, 4.69) is 182 Å². The maximum atomic E-state index is 6.52. The fraction of sp³-hybridized carbons (Fsp3) is 0.0364. The van der Waals surface area contributed by atoms with Crippen molar-refractivity contribution < 1.29 is 4.42 Å². The van der Waals surface area contributed by atoms with E-state index in [0.29, 0.717) is 23.4 Å². The van der Waals surface area contributed by atoms with Crippen LogP contribution in [0.15, 0.2) is 199 Å². The molecule has 2 aliphatic carbocycles. The van der Waals surface area contributed by atoms with Gasteiger partial charge < -0.3 is 4.42 Å². The number of rotatable bonds is 5. The molecule has 10 aromatic rings. The molecule has 0 radical (unpaired) electrons. The molecule has 2 heterocycles. The summed E-state index contributed by atoms with van der Waals surface area (Å²) in [5.74, 6) is 2.57. The van der Waals surface area contributed by atoms with Crippen LogP contribution in [-0.2, 0) is 0 Å². The molecule has 0 fully saturated rings. The number of hydrogen-bond donors (Lipinski definition) is 0. The quantitative estimate of drug-likeness (QED) is 0.176. The molecule has 4 nitrogen and oxygen atoms in total. The zero-order chi connectivity index (χ0) is 38.9. The van der Waals surface area contributed by atoms with E-state index < -0.39 is 0 Å². The van der Waals surface area contributed by atoms with Crippen LogP contribution in [0.4, 0.5) is 0 Å². The van der Waals surface area contributed by atoms with Crippen molar-refractivity contribution in [2.24, 2.45) is 5.92 Å². The summed E-state index contributed by atoms with van der Waals surface area (Å²) < 4.78 is 6.52. The Bertz CT molecular complexity index is 3410. The summed E-state index contributed by atoms with van der Waals surface area (Å²) >= 11 is 0. The van der Waals surface area contributed by atoms with E-state index in [1.807, 2.05) is 18.2 Å². The number of aromatic nitrogens is 3. The first kappa shape index (κ1) is 33.4. The molecule has 2 aliphatic rings. The third-order valence-electron chi connectivity index (χ3n) is 12.1. The van der Waals surface area contributed by atoms with Gasteiger partial charge in [0.1, 0.15) is 11.2 Å². The summed E-state index contributed by atoms with van der Waals surface area (Å²) in [5.41, 5.74) is 11.7. The minimum absolute atomic E-state index is 0.286. The van der Waals surface area contributed by atoms with Crippen molar-refractivity contribution in [1.82, 2.24) is 15.0 Å². The summed E-state index contributed by atoms with van der Waals surface area (Å²) in [6.07, 6.45) is 13.4. The Morgan fingerprint density at radius 3 is 2.02 bits per heavy atom. The molecule has 8 aromatic carbocycles. The third-order valence-corrected chi connectivity index (χ3v) is 12.1. The van der Waals surface area contributed by atoms with E-state index in [9.17, 15) is 0 Å². The Hall–Kier alpha value is -7.69. The first-order valence-corrected chi connectivity index (χ1v) is 20.2. The monoisotopic (exact) mass is 753 g/mol. The Balaban J connectivity index is 1.02. The highest BCUT2D eigenvalue weighted by Crippen LogP contribution is 2.43. The molecular weight excluding hydrogens is 719 g/mol. The third kappa shape index (κ3) is 5.64. The van der Waals surface area contributed by atoms with E-state index in [0.717, 1.165) is 66.1 Å². The van der Waals surface area contributed by atoms with Crippen LogP contribution >= 0.6 is 0 Å². The Morgan fingerprint density at radius 1 is 0.407 bits per heavy atom. The van der Waals surface area contributed by atoms with Gasteiger partial charge in [-0.25, -0.2) is 15.0 Å². The average Bonchev–Trinajstić information content (AvgIpc) is 3.69. The van der Waals surface area contributed by atoms with E-state index in [-0.39, 0.29) is 5.92 Å². The molecule has 276 valence electrons. The Morgan fingerprint density at radius 2 is 1.12 bits per heavy atom. The van der Waals surface area contributed by atoms with Crippen molar-refractivity contribution in [2.45, 2.75) is 5.92 Å². The minimum atomic E-state index is 0.286. The van der Waals surface area contributed by atoms with Crippen molar-refractivity contribution in [2.75, 3.05) is 0 Å². The lowest BCUT2D eigenvalue weighted by molar-refractivity contribution is 0.669. The molecule has 0 amide bonds. The van der Waals surface area contributed by atoms with Gasteiger partial charge in [0.25, 0.3) is 0 Å². The number of hydrogen-bond acceptors (Lipinski definition) is 4. The molecular formula is C55H35N3O.